The van der Waals surface area contributed by atoms with Crippen LogP contribution in [-0.2, 0) is 12.8 Å². The number of benzene rings is 2. The van der Waals surface area contributed by atoms with Crippen LogP contribution in [0.2, 0.25) is 0 Å². The zero-order valence-electron chi connectivity index (χ0n) is 11.1. The Morgan fingerprint density at radius 3 is 2.40 bits per heavy atom. The largest absolute Gasteiger partial charge is 0.411 e. The van der Waals surface area contributed by atoms with Gasteiger partial charge in [0.25, 0.3) is 0 Å². The lowest BCUT2D eigenvalue weighted by Crippen LogP contribution is -2.12. The highest BCUT2D eigenvalue weighted by Crippen LogP contribution is 2.40. The van der Waals surface area contributed by atoms with Crippen molar-refractivity contribution in [1.29, 1.82) is 0 Å². The van der Waals surface area contributed by atoms with E-state index in [1.54, 1.807) is 0 Å². The molecule has 2 aliphatic carbocycles. The van der Waals surface area contributed by atoms with E-state index in [-0.39, 0.29) is 5.92 Å². The van der Waals surface area contributed by atoms with Crippen molar-refractivity contribution in [3.05, 3.63) is 76.9 Å². The minimum Gasteiger partial charge on any atom is -0.411 e. The molecule has 0 heterocycles. The molecule has 0 saturated carbocycles. The van der Waals surface area contributed by atoms with E-state index in [4.69, 9.17) is 0 Å². The molecule has 0 radical (unpaired) electrons. The summed E-state index contributed by atoms with van der Waals surface area (Å²) < 4.78 is 0. The molecule has 2 aromatic rings. The fourth-order valence-electron chi connectivity index (χ4n) is 3.47. The monoisotopic (exact) mass is 261 g/mol. The zero-order chi connectivity index (χ0) is 13.5. The Morgan fingerprint density at radius 1 is 0.900 bits per heavy atom. The van der Waals surface area contributed by atoms with Gasteiger partial charge in [-0.2, -0.15) is 0 Å². The Labute approximate surface area is 118 Å². The van der Waals surface area contributed by atoms with E-state index in [1.165, 1.54) is 22.3 Å². The molecule has 2 nitrogen and oxygen atoms in total. The van der Waals surface area contributed by atoms with Gasteiger partial charge in [-0.1, -0.05) is 59.8 Å². The number of hydrogen-bond acceptors (Lipinski definition) is 2. The first-order valence-electron chi connectivity index (χ1n) is 6.97. The molecule has 0 amide bonds. The Kier molecular flexibility index (Phi) is 2.49. The van der Waals surface area contributed by atoms with Gasteiger partial charge in [-0.25, -0.2) is 0 Å². The Morgan fingerprint density at radius 2 is 1.60 bits per heavy atom. The Bertz CT molecular complexity index is 743. The molecular weight excluding hydrogens is 246 g/mol. The first-order valence-corrected chi connectivity index (χ1v) is 6.97. The third-order valence-corrected chi connectivity index (χ3v) is 4.40. The standard InChI is InChI=1S/C18H15NO/c20-19-18-15-8-4-2-6-13(15)11-17(18)16-10-9-12-5-1-3-7-14(12)16/h1-8,10,17,20H,9,11H2. The highest BCUT2D eigenvalue weighted by Gasteiger charge is 2.33. The van der Waals surface area contributed by atoms with Gasteiger partial charge >= 0.3 is 0 Å². The van der Waals surface area contributed by atoms with E-state index in [9.17, 15) is 5.21 Å². The second-order valence-electron chi connectivity index (χ2n) is 5.42. The van der Waals surface area contributed by atoms with Gasteiger partial charge in [0.1, 0.15) is 0 Å². The summed E-state index contributed by atoms with van der Waals surface area (Å²) in [7, 11) is 0. The van der Waals surface area contributed by atoms with Gasteiger partial charge in [-0.05, 0) is 35.1 Å². The van der Waals surface area contributed by atoms with Gasteiger partial charge in [0, 0.05) is 11.5 Å². The van der Waals surface area contributed by atoms with Crippen molar-refractivity contribution in [2.45, 2.75) is 12.8 Å². The van der Waals surface area contributed by atoms with Gasteiger partial charge in [-0.15, -0.1) is 0 Å². The normalized spacial score (nSPS) is 21.7. The number of hydrogen-bond donors (Lipinski definition) is 1. The van der Waals surface area contributed by atoms with Crippen LogP contribution < -0.4 is 0 Å². The quantitative estimate of drug-likeness (QED) is 0.616. The average molecular weight is 261 g/mol. The minimum atomic E-state index is 0.182. The summed E-state index contributed by atoms with van der Waals surface area (Å²) in [6.07, 6.45) is 4.19. The maximum absolute atomic E-state index is 9.45. The fourth-order valence-corrected chi connectivity index (χ4v) is 3.47. The van der Waals surface area contributed by atoms with Gasteiger partial charge in [-0.3, -0.25) is 0 Å². The van der Waals surface area contributed by atoms with Crippen molar-refractivity contribution < 1.29 is 5.21 Å². The third kappa shape index (κ3) is 1.54. The summed E-state index contributed by atoms with van der Waals surface area (Å²) in [5.41, 5.74) is 7.16. The van der Waals surface area contributed by atoms with Crippen molar-refractivity contribution in [3.8, 4) is 0 Å². The van der Waals surface area contributed by atoms with Crippen LogP contribution in [0.15, 0.2) is 59.8 Å². The van der Waals surface area contributed by atoms with Crippen molar-refractivity contribution >= 4 is 11.3 Å². The first-order chi connectivity index (χ1) is 9.88. The molecule has 2 heteroatoms. The molecule has 1 atom stereocenters. The van der Waals surface area contributed by atoms with E-state index in [2.05, 4.69) is 41.6 Å². The van der Waals surface area contributed by atoms with Crippen molar-refractivity contribution in [2.75, 3.05) is 0 Å². The summed E-state index contributed by atoms with van der Waals surface area (Å²) in [6, 6.07) is 16.7. The fraction of sp³-hybridized carbons (Fsp3) is 0.167. The summed E-state index contributed by atoms with van der Waals surface area (Å²) >= 11 is 0. The van der Waals surface area contributed by atoms with Crippen LogP contribution in [0.25, 0.3) is 5.57 Å². The molecule has 1 N–H and O–H groups in total. The number of oxime groups is 1. The molecule has 4 rings (SSSR count). The van der Waals surface area contributed by atoms with Gasteiger partial charge in [0.2, 0.25) is 0 Å². The second kappa shape index (κ2) is 4.34. The number of nitrogens with zero attached hydrogens (tertiary/aromatic N) is 1. The first kappa shape index (κ1) is 11.5. The maximum atomic E-state index is 9.45. The molecule has 0 aliphatic heterocycles. The minimum absolute atomic E-state index is 0.182. The topological polar surface area (TPSA) is 32.6 Å². The predicted molar refractivity (Wildman–Crippen MR) is 80.1 cm³/mol. The summed E-state index contributed by atoms with van der Waals surface area (Å²) in [6.45, 7) is 0. The number of allylic oxidation sites excluding steroid dienone is 2. The average Bonchev–Trinajstić information content (AvgIpc) is 3.07. The van der Waals surface area contributed by atoms with Crippen molar-refractivity contribution in [3.63, 3.8) is 0 Å². The molecule has 98 valence electrons. The second-order valence-corrected chi connectivity index (χ2v) is 5.42. The molecule has 0 fully saturated rings. The van der Waals surface area contributed by atoms with Gasteiger partial charge in [0.05, 0.1) is 5.71 Å². The van der Waals surface area contributed by atoms with Gasteiger partial charge in [0.15, 0.2) is 0 Å². The Balaban J connectivity index is 1.79. The number of fused-ring (bicyclic) bond motifs is 2. The molecule has 0 bridgehead atoms. The molecule has 2 aliphatic rings. The van der Waals surface area contributed by atoms with Crippen LogP contribution >= 0.6 is 0 Å². The highest BCUT2D eigenvalue weighted by atomic mass is 16.4. The smallest absolute Gasteiger partial charge is 0.0948 e. The van der Waals surface area contributed by atoms with E-state index < -0.39 is 0 Å². The molecule has 0 aromatic heterocycles. The van der Waals surface area contributed by atoms with Crippen LogP contribution in [0.1, 0.15) is 22.3 Å². The van der Waals surface area contributed by atoms with Crippen molar-refractivity contribution in [2.24, 2.45) is 11.1 Å². The molecular formula is C18H15NO. The summed E-state index contributed by atoms with van der Waals surface area (Å²) in [5.74, 6) is 0.182. The van der Waals surface area contributed by atoms with E-state index in [0.717, 1.165) is 24.1 Å². The third-order valence-electron chi connectivity index (χ3n) is 4.40. The molecule has 2 aromatic carbocycles. The lowest BCUT2D eigenvalue weighted by atomic mass is 9.90. The van der Waals surface area contributed by atoms with Gasteiger partial charge < -0.3 is 5.21 Å². The molecule has 20 heavy (non-hydrogen) atoms. The van der Waals surface area contributed by atoms with Crippen LogP contribution in [0.4, 0.5) is 0 Å². The van der Waals surface area contributed by atoms with Crippen LogP contribution in [0.5, 0.6) is 0 Å². The van der Waals surface area contributed by atoms with Crippen molar-refractivity contribution in [1.82, 2.24) is 0 Å². The van der Waals surface area contributed by atoms with E-state index in [0.29, 0.717) is 0 Å². The van der Waals surface area contributed by atoms with Crippen LogP contribution in [0, 0.1) is 5.92 Å². The lowest BCUT2D eigenvalue weighted by molar-refractivity contribution is 0.317. The molecule has 0 spiro atoms. The van der Waals surface area contributed by atoms with Crippen LogP contribution in [0.3, 0.4) is 0 Å². The van der Waals surface area contributed by atoms with E-state index >= 15 is 0 Å². The number of rotatable bonds is 1. The Hall–Kier alpha value is -2.35. The summed E-state index contributed by atoms with van der Waals surface area (Å²) in [4.78, 5) is 0. The molecule has 1 unspecified atom stereocenters. The SMILES string of the molecule is ON=C1c2ccccc2CC1C1=CCc2ccccc21. The van der Waals surface area contributed by atoms with Crippen LogP contribution in [-0.4, -0.2) is 10.9 Å². The van der Waals surface area contributed by atoms with E-state index in [1.807, 2.05) is 18.2 Å². The molecule has 0 saturated heterocycles. The lowest BCUT2D eigenvalue weighted by Gasteiger charge is -2.13. The highest BCUT2D eigenvalue weighted by molar-refractivity contribution is 6.12. The maximum Gasteiger partial charge on any atom is 0.0948 e. The zero-order valence-corrected chi connectivity index (χ0v) is 11.1. The summed E-state index contributed by atoms with van der Waals surface area (Å²) in [5, 5.41) is 13.1. The predicted octanol–water partition coefficient (Wildman–Crippen LogP) is 3.68.